The average Bonchev–Trinajstić information content (AvgIpc) is 2.73. The van der Waals surface area contributed by atoms with Gasteiger partial charge < -0.3 is 10.1 Å². The number of hydrogen-bond acceptors (Lipinski definition) is 2. The molecule has 3 aromatic rings. The topological polar surface area (TPSA) is 48.9 Å². The van der Waals surface area contributed by atoms with E-state index in [1.165, 1.54) is 5.56 Å². The van der Waals surface area contributed by atoms with Crippen LogP contribution in [0.5, 0.6) is 5.75 Å². The number of nitrogens with one attached hydrogen (secondary N) is 1. The van der Waals surface area contributed by atoms with Crippen molar-refractivity contribution in [3.63, 3.8) is 0 Å². The van der Waals surface area contributed by atoms with E-state index in [2.05, 4.69) is 16.0 Å². The Morgan fingerprint density at radius 2 is 2.18 bits per heavy atom. The number of phenolic OH excluding ortho intramolecular Hbond substituents is 1. The molecule has 0 bridgehead atoms. The number of pyridine rings is 1. The Labute approximate surface area is 98.8 Å². The van der Waals surface area contributed by atoms with Gasteiger partial charge in [0.1, 0.15) is 5.75 Å². The minimum atomic E-state index is 0.296. The number of aromatic hydroxyl groups is 1. The summed E-state index contributed by atoms with van der Waals surface area (Å²) in [5.74, 6) is 0.296. The van der Waals surface area contributed by atoms with Crippen molar-refractivity contribution in [2.45, 2.75) is 6.42 Å². The molecule has 84 valence electrons. The number of rotatable bonds is 2. The molecule has 0 spiro atoms. The minimum Gasteiger partial charge on any atom is -0.508 e. The van der Waals surface area contributed by atoms with Crippen molar-refractivity contribution >= 4 is 10.9 Å². The molecular weight excluding hydrogens is 212 g/mol. The highest BCUT2D eigenvalue weighted by molar-refractivity contribution is 5.84. The van der Waals surface area contributed by atoms with Crippen molar-refractivity contribution in [3.05, 3.63) is 60.0 Å². The van der Waals surface area contributed by atoms with E-state index in [4.69, 9.17) is 0 Å². The summed E-state index contributed by atoms with van der Waals surface area (Å²) in [6.45, 7) is 0. The van der Waals surface area contributed by atoms with Crippen LogP contribution in [0.1, 0.15) is 11.1 Å². The Bertz CT molecular complexity index is 644. The van der Waals surface area contributed by atoms with Crippen molar-refractivity contribution < 1.29 is 5.11 Å². The molecule has 0 saturated carbocycles. The number of benzene rings is 1. The van der Waals surface area contributed by atoms with Crippen LogP contribution in [0, 0.1) is 0 Å². The van der Waals surface area contributed by atoms with E-state index < -0.39 is 0 Å². The van der Waals surface area contributed by atoms with E-state index in [-0.39, 0.29) is 0 Å². The molecule has 2 heterocycles. The first kappa shape index (κ1) is 9.90. The molecule has 0 saturated heterocycles. The molecule has 0 aliphatic heterocycles. The number of H-pyrrole nitrogens is 1. The fraction of sp³-hybridized carbons (Fsp3) is 0.0714. The lowest BCUT2D eigenvalue weighted by Gasteiger charge is -1.99. The van der Waals surface area contributed by atoms with Gasteiger partial charge in [0.05, 0.1) is 0 Å². The first-order chi connectivity index (χ1) is 8.33. The number of hydrogen-bond donors (Lipinski definition) is 2. The monoisotopic (exact) mass is 224 g/mol. The highest BCUT2D eigenvalue weighted by atomic mass is 16.3. The zero-order valence-electron chi connectivity index (χ0n) is 9.22. The van der Waals surface area contributed by atoms with Gasteiger partial charge in [0, 0.05) is 35.9 Å². The van der Waals surface area contributed by atoms with Crippen LogP contribution in [-0.2, 0) is 6.42 Å². The van der Waals surface area contributed by atoms with Crippen molar-refractivity contribution in [2.75, 3.05) is 0 Å². The Balaban J connectivity index is 2.03. The van der Waals surface area contributed by atoms with E-state index in [0.717, 1.165) is 22.9 Å². The third kappa shape index (κ3) is 1.87. The second-order valence-corrected chi connectivity index (χ2v) is 4.08. The summed E-state index contributed by atoms with van der Waals surface area (Å²) in [5, 5.41) is 10.6. The van der Waals surface area contributed by atoms with Gasteiger partial charge in [-0.1, -0.05) is 6.07 Å². The van der Waals surface area contributed by atoms with Gasteiger partial charge in [-0.05, 0) is 35.4 Å². The Morgan fingerprint density at radius 1 is 1.24 bits per heavy atom. The number of aromatic nitrogens is 2. The van der Waals surface area contributed by atoms with Gasteiger partial charge in [-0.15, -0.1) is 0 Å². The average molecular weight is 224 g/mol. The van der Waals surface area contributed by atoms with E-state index in [0.29, 0.717) is 5.75 Å². The maximum Gasteiger partial charge on any atom is 0.116 e. The Kier molecular flexibility index (Phi) is 2.29. The molecule has 0 amide bonds. The van der Waals surface area contributed by atoms with Crippen LogP contribution in [0.3, 0.4) is 0 Å². The van der Waals surface area contributed by atoms with Gasteiger partial charge in [0.2, 0.25) is 0 Å². The third-order valence-electron chi connectivity index (χ3n) is 2.87. The number of nitrogens with zero attached hydrogens (tertiary/aromatic N) is 1. The molecule has 3 rings (SSSR count). The van der Waals surface area contributed by atoms with Gasteiger partial charge in [-0.2, -0.15) is 0 Å². The van der Waals surface area contributed by atoms with E-state index in [1.807, 2.05) is 24.5 Å². The van der Waals surface area contributed by atoms with Gasteiger partial charge in [0.15, 0.2) is 0 Å². The SMILES string of the molecule is Oc1ccc2[nH]cc(Cc3cccnc3)c2c1. The Morgan fingerprint density at radius 3 is 3.00 bits per heavy atom. The zero-order valence-corrected chi connectivity index (χ0v) is 9.22. The molecule has 0 aliphatic carbocycles. The molecule has 17 heavy (non-hydrogen) atoms. The van der Waals surface area contributed by atoms with Crippen LogP contribution in [0.2, 0.25) is 0 Å². The van der Waals surface area contributed by atoms with E-state index in [9.17, 15) is 5.11 Å². The van der Waals surface area contributed by atoms with Crippen molar-refractivity contribution in [1.29, 1.82) is 0 Å². The quantitative estimate of drug-likeness (QED) is 0.703. The molecule has 0 unspecified atom stereocenters. The lowest BCUT2D eigenvalue weighted by atomic mass is 10.1. The minimum absolute atomic E-state index is 0.296. The van der Waals surface area contributed by atoms with Gasteiger partial charge in [0.25, 0.3) is 0 Å². The van der Waals surface area contributed by atoms with Gasteiger partial charge in [-0.25, -0.2) is 0 Å². The summed E-state index contributed by atoms with van der Waals surface area (Å²) in [5.41, 5.74) is 3.38. The highest BCUT2D eigenvalue weighted by Gasteiger charge is 2.05. The lowest BCUT2D eigenvalue weighted by Crippen LogP contribution is -1.87. The molecule has 1 aromatic carbocycles. The lowest BCUT2D eigenvalue weighted by molar-refractivity contribution is 0.476. The second kappa shape index (κ2) is 3.94. The van der Waals surface area contributed by atoms with E-state index in [1.54, 1.807) is 18.3 Å². The molecular formula is C14H12N2O. The first-order valence-electron chi connectivity index (χ1n) is 5.51. The molecule has 0 fully saturated rings. The largest absolute Gasteiger partial charge is 0.508 e. The summed E-state index contributed by atoms with van der Waals surface area (Å²) >= 11 is 0. The predicted octanol–water partition coefficient (Wildman–Crippen LogP) is 2.86. The van der Waals surface area contributed by atoms with Crippen molar-refractivity contribution in [2.24, 2.45) is 0 Å². The second-order valence-electron chi connectivity index (χ2n) is 4.08. The molecule has 0 aliphatic rings. The summed E-state index contributed by atoms with van der Waals surface area (Å²) in [6, 6.07) is 9.35. The first-order valence-corrected chi connectivity index (χ1v) is 5.51. The smallest absolute Gasteiger partial charge is 0.116 e. The highest BCUT2D eigenvalue weighted by Crippen LogP contribution is 2.24. The maximum atomic E-state index is 9.51. The van der Waals surface area contributed by atoms with Crippen LogP contribution in [-0.4, -0.2) is 15.1 Å². The fourth-order valence-electron chi connectivity index (χ4n) is 2.04. The predicted molar refractivity (Wildman–Crippen MR) is 67.0 cm³/mol. The third-order valence-corrected chi connectivity index (χ3v) is 2.87. The number of fused-ring (bicyclic) bond motifs is 1. The summed E-state index contributed by atoms with van der Waals surface area (Å²) in [4.78, 5) is 7.31. The number of phenols is 1. The van der Waals surface area contributed by atoms with Gasteiger partial charge in [-0.3, -0.25) is 4.98 Å². The van der Waals surface area contributed by atoms with E-state index >= 15 is 0 Å². The number of aromatic amines is 1. The molecule has 0 atom stereocenters. The molecule has 0 radical (unpaired) electrons. The summed E-state index contributed by atoms with van der Waals surface area (Å²) in [7, 11) is 0. The van der Waals surface area contributed by atoms with Crippen LogP contribution in [0.15, 0.2) is 48.9 Å². The van der Waals surface area contributed by atoms with Crippen molar-refractivity contribution in [3.8, 4) is 5.75 Å². The summed E-state index contributed by atoms with van der Waals surface area (Å²) < 4.78 is 0. The van der Waals surface area contributed by atoms with Crippen LogP contribution < -0.4 is 0 Å². The maximum absolute atomic E-state index is 9.51. The van der Waals surface area contributed by atoms with Crippen LogP contribution in [0.25, 0.3) is 10.9 Å². The Hall–Kier alpha value is -2.29. The zero-order chi connectivity index (χ0) is 11.7. The normalized spacial score (nSPS) is 10.8. The fourth-order valence-corrected chi connectivity index (χ4v) is 2.04. The van der Waals surface area contributed by atoms with Crippen molar-refractivity contribution in [1.82, 2.24) is 9.97 Å². The molecule has 3 heteroatoms. The van der Waals surface area contributed by atoms with Crippen LogP contribution in [0.4, 0.5) is 0 Å². The summed E-state index contributed by atoms with van der Waals surface area (Å²) in [6.07, 6.45) is 6.43. The van der Waals surface area contributed by atoms with Gasteiger partial charge >= 0.3 is 0 Å². The standard InChI is InChI=1S/C14H12N2O/c17-12-3-4-14-13(7-12)11(9-16-14)6-10-2-1-5-15-8-10/h1-5,7-9,16-17H,6H2. The molecule has 3 nitrogen and oxygen atoms in total. The molecule has 2 aromatic heterocycles. The molecule has 2 N–H and O–H groups in total. The van der Waals surface area contributed by atoms with Crippen LogP contribution >= 0.6 is 0 Å².